The summed E-state index contributed by atoms with van der Waals surface area (Å²) in [7, 11) is 0. The minimum Gasteiger partial charge on any atom is -0.350 e. The van der Waals surface area contributed by atoms with Gasteiger partial charge in [-0.1, -0.05) is 12.1 Å². The maximum Gasteiger partial charge on any atom is 0.271 e. The van der Waals surface area contributed by atoms with Crippen LogP contribution in [0.25, 0.3) is 11.0 Å². The van der Waals surface area contributed by atoms with Crippen LogP contribution in [0.4, 0.5) is 5.95 Å². The lowest BCUT2D eigenvalue weighted by Crippen LogP contribution is -2.39. The number of hydrogen-bond acceptors (Lipinski definition) is 6. The van der Waals surface area contributed by atoms with Crippen LogP contribution in [-0.2, 0) is 0 Å². The summed E-state index contributed by atoms with van der Waals surface area (Å²) >= 11 is 0. The van der Waals surface area contributed by atoms with Gasteiger partial charge in [-0.05, 0) is 37.0 Å². The molecule has 0 atom stereocenters. The highest BCUT2D eigenvalue weighted by Gasteiger charge is 2.21. The van der Waals surface area contributed by atoms with Crippen molar-refractivity contribution < 1.29 is 4.79 Å². The molecule has 0 radical (unpaired) electrons. The highest BCUT2D eigenvalue weighted by Crippen LogP contribution is 2.19. The molecule has 26 heavy (non-hydrogen) atoms. The molecule has 1 saturated heterocycles. The fourth-order valence-electron chi connectivity index (χ4n) is 3.19. The topological polar surface area (TPSA) is 83.9 Å². The first-order valence-corrected chi connectivity index (χ1v) is 8.81. The Kier molecular flexibility index (Phi) is 4.68. The maximum atomic E-state index is 12.4. The summed E-state index contributed by atoms with van der Waals surface area (Å²) in [6, 6.07) is 9.36. The average Bonchev–Trinajstić information content (AvgIpc) is 2.72. The first-order valence-electron chi connectivity index (χ1n) is 8.81. The predicted molar refractivity (Wildman–Crippen MR) is 98.8 cm³/mol. The normalized spacial score (nSPS) is 15.2. The molecular formula is C19H20N6O. The summed E-state index contributed by atoms with van der Waals surface area (Å²) < 4.78 is 0. The Morgan fingerprint density at radius 3 is 2.54 bits per heavy atom. The Hall–Kier alpha value is -3.09. The van der Waals surface area contributed by atoms with Crippen molar-refractivity contribution in [2.45, 2.75) is 12.8 Å². The Balaban J connectivity index is 1.31. The van der Waals surface area contributed by atoms with E-state index in [9.17, 15) is 4.79 Å². The second kappa shape index (κ2) is 7.43. The Bertz CT molecular complexity index is 893. The number of carbonyl (C=O) groups is 1. The van der Waals surface area contributed by atoms with Gasteiger partial charge in [0.15, 0.2) is 0 Å². The van der Waals surface area contributed by atoms with Crippen LogP contribution in [0.3, 0.4) is 0 Å². The van der Waals surface area contributed by atoms with Crippen LogP contribution in [0.1, 0.15) is 23.3 Å². The van der Waals surface area contributed by atoms with E-state index in [2.05, 4.69) is 30.2 Å². The van der Waals surface area contributed by atoms with Gasteiger partial charge >= 0.3 is 0 Å². The minimum atomic E-state index is -0.169. The Morgan fingerprint density at radius 1 is 1.04 bits per heavy atom. The zero-order valence-electron chi connectivity index (χ0n) is 14.4. The number of carbonyl (C=O) groups excluding carboxylic acids is 1. The molecule has 3 heterocycles. The largest absolute Gasteiger partial charge is 0.350 e. The molecule has 1 N–H and O–H groups in total. The third-order valence-electron chi connectivity index (χ3n) is 4.68. The fraction of sp³-hybridized carbons (Fsp3) is 0.316. The molecule has 1 amide bonds. The van der Waals surface area contributed by atoms with Crippen molar-refractivity contribution in [3.8, 4) is 0 Å². The van der Waals surface area contributed by atoms with E-state index in [1.807, 2.05) is 30.3 Å². The van der Waals surface area contributed by atoms with Crippen molar-refractivity contribution in [1.82, 2.24) is 25.3 Å². The molecule has 4 rings (SSSR count). The van der Waals surface area contributed by atoms with Gasteiger partial charge in [-0.2, -0.15) is 0 Å². The molecule has 1 aromatic carbocycles. The molecule has 1 fully saturated rings. The summed E-state index contributed by atoms with van der Waals surface area (Å²) in [5.74, 6) is 1.06. The summed E-state index contributed by atoms with van der Waals surface area (Å²) in [5.41, 5.74) is 1.88. The number of fused-ring (bicyclic) bond motifs is 1. The van der Waals surface area contributed by atoms with Crippen molar-refractivity contribution in [1.29, 1.82) is 0 Å². The van der Waals surface area contributed by atoms with Crippen LogP contribution < -0.4 is 10.2 Å². The van der Waals surface area contributed by atoms with Crippen LogP contribution in [0.2, 0.25) is 0 Å². The number of rotatable bonds is 4. The van der Waals surface area contributed by atoms with Gasteiger partial charge in [-0.3, -0.25) is 9.78 Å². The van der Waals surface area contributed by atoms with E-state index in [-0.39, 0.29) is 5.91 Å². The molecule has 0 spiro atoms. The molecule has 1 aliphatic rings. The van der Waals surface area contributed by atoms with Crippen molar-refractivity contribution in [2.24, 2.45) is 5.92 Å². The first kappa shape index (κ1) is 16.4. The highest BCUT2D eigenvalue weighted by molar-refractivity contribution is 5.93. The van der Waals surface area contributed by atoms with Crippen molar-refractivity contribution in [2.75, 3.05) is 24.5 Å². The van der Waals surface area contributed by atoms with E-state index in [1.165, 1.54) is 6.20 Å². The summed E-state index contributed by atoms with van der Waals surface area (Å²) in [5, 5.41) is 3.00. The lowest BCUT2D eigenvalue weighted by Gasteiger charge is -2.31. The molecule has 0 aliphatic carbocycles. The van der Waals surface area contributed by atoms with Gasteiger partial charge in [0.25, 0.3) is 5.91 Å². The van der Waals surface area contributed by atoms with Gasteiger partial charge in [0, 0.05) is 32.0 Å². The molecule has 3 aromatic rings. The lowest BCUT2D eigenvalue weighted by molar-refractivity contribution is 0.0940. The fourth-order valence-corrected chi connectivity index (χ4v) is 3.19. The summed E-state index contributed by atoms with van der Waals surface area (Å²) in [4.78, 5) is 31.8. The molecule has 0 unspecified atom stereocenters. The molecule has 1 aliphatic heterocycles. The van der Waals surface area contributed by atoms with E-state index in [1.54, 1.807) is 12.4 Å². The molecule has 0 saturated carbocycles. The second-order valence-corrected chi connectivity index (χ2v) is 6.43. The van der Waals surface area contributed by atoms with Crippen LogP contribution in [0, 0.1) is 5.92 Å². The van der Waals surface area contributed by atoms with E-state index in [0.29, 0.717) is 18.2 Å². The van der Waals surface area contributed by atoms with Crippen LogP contribution in [0.5, 0.6) is 0 Å². The Morgan fingerprint density at radius 2 is 1.77 bits per heavy atom. The Labute approximate surface area is 151 Å². The SMILES string of the molecule is O=C(NCC1CCN(c2ncccn2)CC1)c1cnc2ccccc2n1. The van der Waals surface area contributed by atoms with Crippen molar-refractivity contribution in [3.05, 3.63) is 54.6 Å². The number of nitrogens with one attached hydrogen (secondary N) is 1. The standard InChI is InChI=1S/C19H20N6O/c26-18(17-13-22-15-4-1-2-5-16(15)24-17)23-12-14-6-10-25(11-7-14)19-20-8-3-9-21-19/h1-5,8-9,13-14H,6-7,10-12H2,(H,23,26). The minimum absolute atomic E-state index is 0.169. The van der Waals surface area contributed by atoms with Crippen molar-refractivity contribution >= 4 is 22.9 Å². The van der Waals surface area contributed by atoms with E-state index in [4.69, 9.17) is 0 Å². The molecular weight excluding hydrogens is 328 g/mol. The number of aromatic nitrogens is 4. The number of nitrogens with zero attached hydrogens (tertiary/aromatic N) is 5. The third kappa shape index (κ3) is 3.61. The quantitative estimate of drug-likeness (QED) is 0.777. The van der Waals surface area contributed by atoms with Crippen LogP contribution in [-0.4, -0.2) is 45.5 Å². The number of amides is 1. The van der Waals surface area contributed by atoms with Gasteiger partial charge in [0.1, 0.15) is 5.69 Å². The number of hydrogen-bond donors (Lipinski definition) is 1. The van der Waals surface area contributed by atoms with E-state index >= 15 is 0 Å². The first-order chi connectivity index (χ1) is 12.8. The lowest BCUT2D eigenvalue weighted by atomic mass is 9.97. The van der Waals surface area contributed by atoms with Crippen LogP contribution >= 0.6 is 0 Å². The zero-order chi connectivity index (χ0) is 17.8. The van der Waals surface area contributed by atoms with Gasteiger partial charge in [-0.15, -0.1) is 0 Å². The van der Waals surface area contributed by atoms with Crippen molar-refractivity contribution in [3.63, 3.8) is 0 Å². The third-order valence-corrected chi connectivity index (χ3v) is 4.68. The number of para-hydroxylation sites is 2. The highest BCUT2D eigenvalue weighted by atomic mass is 16.1. The maximum absolute atomic E-state index is 12.4. The molecule has 7 heteroatoms. The summed E-state index contributed by atoms with van der Waals surface area (Å²) in [6.45, 7) is 2.46. The second-order valence-electron chi connectivity index (χ2n) is 6.43. The number of anilines is 1. The predicted octanol–water partition coefficient (Wildman–Crippen LogP) is 2.07. The molecule has 132 valence electrons. The average molecular weight is 348 g/mol. The van der Waals surface area contributed by atoms with Gasteiger partial charge in [0.2, 0.25) is 5.95 Å². The van der Waals surface area contributed by atoms with E-state index < -0.39 is 0 Å². The van der Waals surface area contributed by atoms with Crippen LogP contribution in [0.15, 0.2) is 48.9 Å². The zero-order valence-corrected chi connectivity index (χ0v) is 14.4. The van der Waals surface area contributed by atoms with Gasteiger partial charge in [-0.25, -0.2) is 15.0 Å². The number of benzene rings is 1. The van der Waals surface area contributed by atoms with Gasteiger partial charge in [0.05, 0.1) is 17.2 Å². The molecule has 2 aromatic heterocycles. The molecule has 0 bridgehead atoms. The van der Waals surface area contributed by atoms with Gasteiger partial charge < -0.3 is 10.2 Å². The smallest absolute Gasteiger partial charge is 0.271 e. The number of piperidine rings is 1. The summed E-state index contributed by atoms with van der Waals surface area (Å²) in [6.07, 6.45) is 7.06. The molecule has 7 nitrogen and oxygen atoms in total. The van der Waals surface area contributed by atoms with E-state index in [0.717, 1.165) is 42.9 Å². The monoisotopic (exact) mass is 348 g/mol.